The van der Waals surface area contributed by atoms with Gasteiger partial charge in [-0.1, -0.05) is 42.0 Å². The van der Waals surface area contributed by atoms with Gasteiger partial charge in [0.05, 0.1) is 5.75 Å². The second kappa shape index (κ2) is 7.64. The van der Waals surface area contributed by atoms with Crippen LogP contribution in [0.3, 0.4) is 0 Å². The fourth-order valence-corrected chi connectivity index (χ4v) is 4.52. The highest BCUT2D eigenvalue weighted by molar-refractivity contribution is 7.88. The third-order valence-corrected chi connectivity index (χ3v) is 6.36. The summed E-state index contributed by atoms with van der Waals surface area (Å²) in [5, 5.41) is 0. The second-order valence-electron chi connectivity index (χ2n) is 6.54. The Bertz CT molecular complexity index is 796. The molecule has 0 spiro atoms. The second-order valence-corrected chi connectivity index (χ2v) is 8.51. The quantitative estimate of drug-likeness (QED) is 0.821. The Kier molecular flexibility index (Phi) is 5.51. The number of halogens is 1. The first-order chi connectivity index (χ1) is 11.9. The number of sulfonamides is 1. The highest BCUT2D eigenvalue weighted by atomic mass is 32.2. The van der Waals surface area contributed by atoms with E-state index in [1.165, 1.54) is 12.1 Å². The molecule has 0 bridgehead atoms. The Morgan fingerprint density at radius 3 is 2.04 bits per heavy atom. The lowest BCUT2D eigenvalue weighted by Gasteiger charge is -2.34. The maximum Gasteiger partial charge on any atom is 0.218 e. The summed E-state index contributed by atoms with van der Waals surface area (Å²) in [7, 11) is -3.29. The van der Waals surface area contributed by atoms with Crippen molar-refractivity contribution in [2.75, 3.05) is 26.2 Å². The third kappa shape index (κ3) is 4.87. The van der Waals surface area contributed by atoms with Crippen LogP contribution in [0.15, 0.2) is 48.5 Å². The molecule has 3 rings (SSSR count). The number of aryl methyl sites for hydroxylation is 1. The van der Waals surface area contributed by atoms with Gasteiger partial charge in [-0.05, 0) is 30.2 Å². The van der Waals surface area contributed by atoms with E-state index in [1.54, 1.807) is 16.4 Å². The Labute approximate surface area is 148 Å². The topological polar surface area (TPSA) is 40.6 Å². The van der Waals surface area contributed by atoms with E-state index in [-0.39, 0.29) is 11.6 Å². The molecule has 2 aromatic rings. The molecule has 0 amide bonds. The number of nitrogens with zero attached hydrogens (tertiary/aromatic N) is 2. The molecule has 134 valence electrons. The minimum absolute atomic E-state index is 0.0469. The van der Waals surface area contributed by atoms with E-state index < -0.39 is 10.0 Å². The summed E-state index contributed by atoms with van der Waals surface area (Å²) in [4.78, 5) is 2.20. The number of hydrogen-bond acceptors (Lipinski definition) is 3. The Morgan fingerprint density at radius 1 is 0.880 bits per heavy atom. The van der Waals surface area contributed by atoms with Crippen LogP contribution in [0, 0.1) is 12.7 Å². The number of rotatable bonds is 5. The fraction of sp³-hybridized carbons (Fsp3) is 0.368. The average Bonchev–Trinajstić information content (AvgIpc) is 2.59. The first-order valence-electron chi connectivity index (χ1n) is 8.42. The van der Waals surface area contributed by atoms with Crippen LogP contribution in [0.25, 0.3) is 0 Å². The normalized spacial score (nSPS) is 16.9. The lowest BCUT2D eigenvalue weighted by atomic mass is 10.2. The molecule has 4 nitrogen and oxygen atoms in total. The molecule has 6 heteroatoms. The fourth-order valence-electron chi connectivity index (χ4n) is 3.00. The van der Waals surface area contributed by atoms with E-state index in [2.05, 4.69) is 4.90 Å². The molecule has 0 aliphatic carbocycles. The maximum atomic E-state index is 13.0. The van der Waals surface area contributed by atoms with Crippen LogP contribution >= 0.6 is 0 Å². The minimum atomic E-state index is -3.29. The van der Waals surface area contributed by atoms with Crippen molar-refractivity contribution < 1.29 is 12.8 Å². The Morgan fingerprint density at radius 2 is 1.44 bits per heavy atom. The van der Waals surface area contributed by atoms with E-state index in [4.69, 9.17) is 0 Å². The maximum absolute atomic E-state index is 13.0. The third-order valence-electron chi connectivity index (χ3n) is 4.51. The first-order valence-corrected chi connectivity index (χ1v) is 10.0. The zero-order valence-corrected chi connectivity index (χ0v) is 15.2. The van der Waals surface area contributed by atoms with Crippen LogP contribution in [0.5, 0.6) is 0 Å². The molecule has 0 radical (unpaired) electrons. The van der Waals surface area contributed by atoms with Crippen molar-refractivity contribution in [1.29, 1.82) is 0 Å². The molecule has 25 heavy (non-hydrogen) atoms. The van der Waals surface area contributed by atoms with Gasteiger partial charge in [-0.3, -0.25) is 4.90 Å². The monoisotopic (exact) mass is 362 g/mol. The van der Waals surface area contributed by atoms with Gasteiger partial charge in [0.1, 0.15) is 5.82 Å². The van der Waals surface area contributed by atoms with Gasteiger partial charge in [-0.2, -0.15) is 4.31 Å². The van der Waals surface area contributed by atoms with Gasteiger partial charge in [-0.25, -0.2) is 12.8 Å². The van der Waals surface area contributed by atoms with Crippen molar-refractivity contribution in [3.63, 3.8) is 0 Å². The summed E-state index contributed by atoms with van der Waals surface area (Å²) in [5.74, 6) is -0.193. The first kappa shape index (κ1) is 18.0. The average molecular weight is 362 g/mol. The Hall–Kier alpha value is -1.76. The van der Waals surface area contributed by atoms with E-state index in [1.807, 2.05) is 31.2 Å². The van der Waals surface area contributed by atoms with Crippen molar-refractivity contribution in [3.05, 3.63) is 71.0 Å². The van der Waals surface area contributed by atoms with Gasteiger partial charge in [0.2, 0.25) is 10.0 Å². The predicted molar refractivity (Wildman–Crippen MR) is 97.1 cm³/mol. The van der Waals surface area contributed by atoms with Crippen LogP contribution in [-0.2, 0) is 22.3 Å². The van der Waals surface area contributed by atoms with Crippen LogP contribution < -0.4 is 0 Å². The minimum Gasteiger partial charge on any atom is -0.296 e. The summed E-state index contributed by atoms with van der Waals surface area (Å²) < 4.78 is 39.8. The highest BCUT2D eigenvalue weighted by Gasteiger charge is 2.27. The van der Waals surface area contributed by atoms with Crippen molar-refractivity contribution in [2.24, 2.45) is 0 Å². The summed E-state index contributed by atoms with van der Waals surface area (Å²) in [6.07, 6.45) is 0. The summed E-state index contributed by atoms with van der Waals surface area (Å²) in [6, 6.07) is 14.1. The molecule has 1 heterocycles. The van der Waals surface area contributed by atoms with Crippen molar-refractivity contribution in [2.45, 2.75) is 19.2 Å². The summed E-state index contributed by atoms with van der Waals surface area (Å²) in [5.41, 5.74) is 2.98. The highest BCUT2D eigenvalue weighted by Crippen LogP contribution is 2.16. The van der Waals surface area contributed by atoms with Crippen LogP contribution in [-0.4, -0.2) is 43.8 Å². The molecule has 0 N–H and O–H groups in total. The lowest BCUT2D eigenvalue weighted by molar-refractivity contribution is 0.181. The number of hydrogen-bond donors (Lipinski definition) is 0. The van der Waals surface area contributed by atoms with Gasteiger partial charge in [0.15, 0.2) is 0 Å². The van der Waals surface area contributed by atoms with Crippen molar-refractivity contribution in [1.82, 2.24) is 9.21 Å². The molecule has 0 saturated carbocycles. The zero-order chi connectivity index (χ0) is 17.9. The van der Waals surface area contributed by atoms with Crippen LogP contribution in [0.4, 0.5) is 4.39 Å². The Balaban J connectivity index is 1.55. The van der Waals surface area contributed by atoms with Crippen molar-refractivity contribution >= 4 is 10.0 Å². The zero-order valence-electron chi connectivity index (χ0n) is 14.4. The van der Waals surface area contributed by atoms with E-state index in [0.29, 0.717) is 32.7 Å². The van der Waals surface area contributed by atoms with Gasteiger partial charge in [0.25, 0.3) is 0 Å². The molecule has 1 saturated heterocycles. The van der Waals surface area contributed by atoms with E-state index in [9.17, 15) is 12.8 Å². The molecule has 2 aromatic carbocycles. The van der Waals surface area contributed by atoms with E-state index >= 15 is 0 Å². The molecule has 1 fully saturated rings. The predicted octanol–water partition coefficient (Wildman–Crippen LogP) is 2.78. The van der Waals surface area contributed by atoms with Gasteiger partial charge in [-0.15, -0.1) is 0 Å². The van der Waals surface area contributed by atoms with Crippen molar-refractivity contribution in [3.8, 4) is 0 Å². The smallest absolute Gasteiger partial charge is 0.218 e. The standard InChI is InChI=1S/C19H23FN2O2S/c1-16-2-4-18(5-3-16)15-25(23,24)22-12-10-21(11-13-22)14-17-6-8-19(20)9-7-17/h2-9H,10-15H2,1H3. The van der Waals surface area contributed by atoms with Gasteiger partial charge >= 0.3 is 0 Å². The molecular formula is C19H23FN2O2S. The van der Waals surface area contributed by atoms with Crippen LogP contribution in [0.1, 0.15) is 16.7 Å². The van der Waals surface area contributed by atoms with Crippen LogP contribution in [0.2, 0.25) is 0 Å². The SMILES string of the molecule is Cc1ccc(CS(=O)(=O)N2CCN(Cc3ccc(F)cc3)CC2)cc1. The molecule has 1 aliphatic rings. The summed E-state index contributed by atoms with van der Waals surface area (Å²) in [6.45, 7) is 5.06. The number of benzene rings is 2. The molecule has 0 aromatic heterocycles. The molecule has 0 unspecified atom stereocenters. The van der Waals surface area contributed by atoms with Gasteiger partial charge in [0, 0.05) is 32.7 Å². The number of piperazine rings is 1. The lowest BCUT2D eigenvalue weighted by Crippen LogP contribution is -2.48. The molecule has 0 atom stereocenters. The molecule has 1 aliphatic heterocycles. The van der Waals surface area contributed by atoms with Gasteiger partial charge < -0.3 is 0 Å². The van der Waals surface area contributed by atoms with E-state index in [0.717, 1.165) is 16.7 Å². The summed E-state index contributed by atoms with van der Waals surface area (Å²) >= 11 is 0. The molecular weight excluding hydrogens is 339 g/mol. The largest absolute Gasteiger partial charge is 0.296 e.